The molecule has 0 radical (unpaired) electrons. The highest BCUT2D eigenvalue weighted by Gasteiger charge is 2.22. The van der Waals surface area contributed by atoms with Crippen LogP contribution in [0.3, 0.4) is 0 Å². The van der Waals surface area contributed by atoms with Gasteiger partial charge in [-0.3, -0.25) is 0 Å². The zero-order valence-electron chi connectivity index (χ0n) is 13.1. The third-order valence-corrected chi connectivity index (χ3v) is 3.43. The predicted octanol–water partition coefficient (Wildman–Crippen LogP) is 2.05. The molecule has 0 saturated carbocycles. The van der Waals surface area contributed by atoms with Gasteiger partial charge in [-0.1, -0.05) is 35.5 Å². The smallest absolute Gasteiger partial charge is 0.176 e. The van der Waals surface area contributed by atoms with Gasteiger partial charge < -0.3 is 14.4 Å². The summed E-state index contributed by atoms with van der Waals surface area (Å²) in [6.45, 7) is 2.44. The van der Waals surface area contributed by atoms with Crippen LogP contribution in [0.5, 0.6) is 0 Å². The maximum absolute atomic E-state index is 9.28. The lowest BCUT2D eigenvalue weighted by atomic mass is 10.1. The number of hydrogen-bond donors (Lipinski definition) is 1. The maximum Gasteiger partial charge on any atom is 0.176 e. The number of aliphatic hydroxyl groups excluding tert-OH is 1. The zero-order chi connectivity index (χ0) is 16.2. The van der Waals surface area contributed by atoms with Crippen molar-refractivity contribution in [3.05, 3.63) is 41.9 Å². The molecule has 7 heteroatoms. The minimum atomic E-state index is -0.0339. The van der Waals surface area contributed by atoms with Crippen molar-refractivity contribution in [1.29, 1.82) is 0 Å². The SMILES string of the molecule is COCc1nc(-c2c(-c3ccccc3)noc2C)n(CCO)n1. The lowest BCUT2D eigenvalue weighted by Crippen LogP contribution is -2.07. The Bertz CT molecular complexity index is 780. The van der Waals surface area contributed by atoms with Gasteiger partial charge in [0.2, 0.25) is 0 Å². The highest BCUT2D eigenvalue weighted by atomic mass is 16.5. The van der Waals surface area contributed by atoms with Gasteiger partial charge in [0.15, 0.2) is 11.6 Å². The average molecular weight is 314 g/mol. The van der Waals surface area contributed by atoms with Crippen molar-refractivity contribution in [1.82, 2.24) is 19.9 Å². The van der Waals surface area contributed by atoms with Crippen LogP contribution in [0.15, 0.2) is 34.9 Å². The Morgan fingerprint density at radius 1 is 1.26 bits per heavy atom. The standard InChI is InChI=1S/C16H18N4O3/c1-11-14(15(19-23-11)12-6-4-3-5-7-12)16-17-13(10-22-2)18-20(16)8-9-21/h3-7,21H,8-10H2,1-2H3. The monoisotopic (exact) mass is 314 g/mol. The van der Waals surface area contributed by atoms with Gasteiger partial charge in [-0.15, -0.1) is 0 Å². The Morgan fingerprint density at radius 3 is 2.74 bits per heavy atom. The molecule has 0 unspecified atom stereocenters. The molecule has 0 bridgehead atoms. The van der Waals surface area contributed by atoms with Crippen LogP contribution in [0.1, 0.15) is 11.6 Å². The van der Waals surface area contributed by atoms with Crippen LogP contribution in [0, 0.1) is 6.92 Å². The topological polar surface area (TPSA) is 86.2 Å². The number of aromatic nitrogens is 4. The van der Waals surface area contributed by atoms with Crippen molar-refractivity contribution >= 4 is 0 Å². The second kappa shape index (κ2) is 6.72. The molecule has 23 heavy (non-hydrogen) atoms. The fourth-order valence-corrected chi connectivity index (χ4v) is 2.44. The highest BCUT2D eigenvalue weighted by molar-refractivity contribution is 5.78. The largest absolute Gasteiger partial charge is 0.394 e. The van der Waals surface area contributed by atoms with Gasteiger partial charge in [0, 0.05) is 12.7 Å². The number of methoxy groups -OCH3 is 1. The van der Waals surface area contributed by atoms with E-state index in [-0.39, 0.29) is 6.61 Å². The predicted molar refractivity (Wildman–Crippen MR) is 83.5 cm³/mol. The van der Waals surface area contributed by atoms with E-state index in [1.165, 1.54) is 0 Å². The summed E-state index contributed by atoms with van der Waals surface area (Å²) >= 11 is 0. The molecule has 0 fully saturated rings. The van der Waals surface area contributed by atoms with Gasteiger partial charge in [0.25, 0.3) is 0 Å². The third-order valence-electron chi connectivity index (χ3n) is 3.43. The molecule has 120 valence electrons. The summed E-state index contributed by atoms with van der Waals surface area (Å²) in [7, 11) is 1.59. The van der Waals surface area contributed by atoms with Crippen molar-refractivity contribution in [3.63, 3.8) is 0 Å². The van der Waals surface area contributed by atoms with Gasteiger partial charge in [0.1, 0.15) is 18.1 Å². The van der Waals surface area contributed by atoms with E-state index in [2.05, 4.69) is 15.2 Å². The summed E-state index contributed by atoms with van der Waals surface area (Å²) in [6.07, 6.45) is 0. The normalized spacial score (nSPS) is 11.1. The summed E-state index contributed by atoms with van der Waals surface area (Å²) in [5, 5.41) is 17.8. The molecule has 1 N–H and O–H groups in total. The number of aliphatic hydroxyl groups is 1. The Kier molecular flexibility index (Phi) is 4.50. The molecule has 0 aliphatic carbocycles. The molecule has 0 spiro atoms. The fraction of sp³-hybridized carbons (Fsp3) is 0.312. The minimum absolute atomic E-state index is 0.0339. The van der Waals surface area contributed by atoms with Crippen molar-refractivity contribution in [3.8, 4) is 22.6 Å². The Labute approximate surface area is 133 Å². The van der Waals surface area contributed by atoms with Crippen LogP contribution in [0.4, 0.5) is 0 Å². The molecular formula is C16H18N4O3. The van der Waals surface area contributed by atoms with Gasteiger partial charge in [-0.05, 0) is 6.92 Å². The van der Waals surface area contributed by atoms with E-state index in [1.807, 2.05) is 37.3 Å². The first-order valence-electron chi connectivity index (χ1n) is 7.30. The first-order chi connectivity index (χ1) is 11.2. The van der Waals surface area contributed by atoms with Gasteiger partial charge in [-0.2, -0.15) is 5.10 Å². The molecule has 0 aliphatic rings. The quantitative estimate of drug-likeness (QED) is 0.749. The number of rotatable bonds is 6. The number of nitrogens with zero attached hydrogens (tertiary/aromatic N) is 4. The molecule has 0 atom stereocenters. The van der Waals surface area contributed by atoms with Gasteiger partial charge in [0.05, 0.1) is 18.7 Å². The van der Waals surface area contributed by atoms with E-state index >= 15 is 0 Å². The molecule has 0 aliphatic heterocycles. The fourth-order valence-electron chi connectivity index (χ4n) is 2.44. The first kappa shape index (κ1) is 15.4. The lowest BCUT2D eigenvalue weighted by Gasteiger charge is -2.04. The van der Waals surface area contributed by atoms with Gasteiger partial charge in [-0.25, -0.2) is 9.67 Å². The third kappa shape index (κ3) is 3.01. The molecule has 2 heterocycles. The lowest BCUT2D eigenvalue weighted by molar-refractivity contribution is 0.177. The summed E-state index contributed by atoms with van der Waals surface area (Å²) in [6, 6.07) is 9.75. The molecule has 3 rings (SSSR count). The highest BCUT2D eigenvalue weighted by Crippen LogP contribution is 2.33. The molecule has 1 aromatic carbocycles. The van der Waals surface area contributed by atoms with E-state index in [4.69, 9.17) is 9.26 Å². The Balaban J connectivity index is 2.13. The number of ether oxygens (including phenoxy) is 1. The second-order valence-electron chi connectivity index (χ2n) is 5.06. The first-order valence-corrected chi connectivity index (χ1v) is 7.30. The minimum Gasteiger partial charge on any atom is -0.394 e. The van der Waals surface area contributed by atoms with E-state index in [0.29, 0.717) is 36.3 Å². The molecular weight excluding hydrogens is 296 g/mol. The Hall–Kier alpha value is -2.51. The van der Waals surface area contributed by atoms with Crippen molar-refractivity contribution < 1.29 is 14.4 Å². The van der Waals surface area contributed by atoms with Crippen molar-refractivity contribution in [2.24, 2.45) is 0 Å². The number of aryl methyl sites for hydroxylation is 1. The Morgan fingerprint density at radius 2 is 2.04 bits per heavy atom. The summed E-state index contributed by atoms with van der Waals surface area (Å²) in [5.74, 6) is 1.82. The number of benzene rings is 1. The number of hydrogen-bond acceptors (Lipinski definition) is 6. The van der Waals surface area contributed by atoms with Crippen LogP contribution in [0.2, 0.25) is 0 Å². The van der Waals surface area contributed by atoms with Gasteiger partial charge >= 0.3 is 0 Å². The summed E-state index contributed by atoms with van der Waals surface area (Å²) in [5.41, 5.74) is 2.42. The second-order valence-corrected chi connectivity index (χ2v) is 5.06. The molecule has 7 nitrogen and oxygen atoms in total. The molecule has 3 aromatic rings. The van der Waals surface area contributed by atoms with E-state index < -0.39 is 0 Å². The van der Waals surface area contributed by atoms with E-state index in [9.17, 15) is 5.11 Å². The van der Waals surface area contributed by atoms with Crippen LogP contribution >= 0.6 is 0 Å². The summed E-state index contributed by atoms with van der Waals surface area (Å²) in [4.78, 5) is 4.52. The van der Waals surface area contributed by atoms with Crippen LogP contribution in [-0.4, -0.2) is 38.7 Å². The maximum atomic E-state index is 9.28. The average Bonchev–Trinajstić information content (AvgIpc) is 3.12. The zero-order valence-corrected chi connectivity index (χ0v) is 13.1. The molecule has 2 aromatic heterocycles. The van der Waals surface area contributed by atoms with Crippen LogP contribution in [0.25, 0.3) is 22.6 Å². The van der Waals surface area contributed by atoms with Crippen molar-refractivity contribution in [2.75, 3.05) is 13.7 Å². The molecule has 0 saturated heterocycles. The van der Waals surface area contributed by atoms with E-state index in [1.54, 1.807) is 11.8 Å². The summed E-state index contributed by atoms with van der Waals surface area (Å²) < 4.78 is 12.1. The molecule has 0 amide bonds. The van der Waals surface area contributed by atoms with Crippen LogP contribution in [-0.2, 0) is 17.9 Å². The van der Waals surface area contributed by atoms with Crippen molar-refractivity contribution in [2.45, 2.75) is 20.1 Å². The van der Waals surface area contributed by atoms with Crippen LogP contribution < -0.4 is 0 Å². The van der Waals surface area contributed by atoms with E-state index in [0.717, 1.165) is 11.1 Å².